The number of rotatable bonds is 4. The first kappa shape index (κ1) is 19.2. The van der Waals surface area contributed by atoms with Crippen LogP contribution in [0.2, 0.25) is 0 Å². The van der Waals surface area contributed by atoms with Crippen molar-refractivity contribution in [1.29, 1.82) is 5.41 Å². The zero-order valence-corrected chi connectivity index (χ0v) is 9.78. The van der Waals surface area contributed by atoms with Gasteiger partial charge in [-0.15, -0.1) is 0 Å². The molecule has 0 aliphatic heterocycles. The second-order valence-corrected chi connectivity index (χ2v) is 2.40. The van der Waals surface area contributed by atoms with E-state index in [0.29, 0.717) is 0 Å². The molecule has 0 aromatic carbocycles. The fourth-order valence-electron chi connectivity index (χ4n) is 0.687. The Bertz CT molecular complexity index is 173. The number of nitro groups is 1. The molecular weight excluding hydrogens is 200 g/mol. The van der Waals surface area contributed by atoms with E-state index in [1.807, 2.05) is 13.8 Å². The van der Waals surface area contributed by atoms with Crippen molar-refractivity contribution in [2.75, 3.05) is 13.7 Å². The topological polar surface area (TPSA) is 93.3 Å². The molecule has 0 aromatic heterocycles. The van der Waals surface area contributed by atoms with Crippen LogP contribution in [0.4, 0.5) is 0 Å². The van der Waals surface area contributed by atoms with Crippen LogP contribution < -0.4 is 0 Å². The van der Waals surface area contributed by atoms with Crippen molar-refractivity contribution in [3.05, 3.63) is 10.1 Å². The summed E-state index contributed by atoms with van der Waals surface area (Å²) in [6.07, 6.45) is 0.109. The fourth-order valence-corrected chi connectivity index (χ4v) is 0.687. The lowest BCUT2D eigenvalue weighted by Crippen LogP contribution is -2.15. The highest BCUT2D eigenvalue weighted by atomic mass is 16.6. The first-order valence-corrected chi connectivity index (χ1v) is 4.60. The van der Waals surface area contributed by atoms with Crippen LogP contribution in [0.3, 0.4) is 0 Å². The predicted octanol–water partition coefficient (Wildman–Crippen LogP) is 1.75. The summed E-state index contributed by atoms with van der Waals surface area (Å²) in [5, 5.41) is 15.4. The monoisotopic (exact) mass is 220 g/mol. The van der Waals surface area contributed by atoms with Crippen molar-refractivity contribution in [2.24, 2.45) is 5.92 Å². The van der Waals surface area contributed by atoms with Gasteiger partial charge in [-0.3, -0.25) is 14.9 Å². The molecule has 0 fully saturated rings. The maximum atomic E-state index is 10.6. The minimum Gasteiger partial charge on any atom is -0.469 e. The number of carbonyl (C=O) groups excluding carboxylic acids is 1. The van der Waals surface area contributed by atoms with E-state index in [2.05, 4.69) is 11.5 Å². The molecule has 0 aromatic rings. The van der Waals surface area contributed by atoms with Gasteiger partial charge in [0, 0.05) is 10.8 Å². The third-order valence-electron chi connectivity index (χ3n) is 1.20. The standard InChI is InChI=1S/C6H11NO4.C2H6.CH3N/c1-5(4-7(9)10)3-6(8)11-2;2*1-2/h5H,3-4H2,1-2H3;1-2H3;2H,1H2. The van der Waals surface area contributed by atoms with Gasteiger partial charge in [-0.2, -0.15) is 0 Å². The summed E-state index contributed by atoms with van der Waals surface area (Å²) in [7, 11) is 1.27. The molecule has 15 heavy (non-hydrogen) atoms. The van der Waals surface area contributed by atoms with Crippen LogP contribution in [-0.4, -0.2) is 31.3 Å². The Morgan fingerprint density at radius 3 is 2.20 bits per heavy atom. The number of carbonyl (C=O) groups is 1. The average Bonchev–Trinajstić information content (AvgIpc) is 2.22. The summed E-state index contributed by atoms with van der Waals surface area (Å²) < 4.78 is 4.34. The van der Waals surface area contributed by atoms with Crippen LogP contribution in [0.25, 0.3) is 0 Å². The molecule has 6 heteroatoms. The zero-order valence-electron chi connectivity index (χ0n) is 9.78. The van der Waals surface area contributed by atoms with Gasteiger partial charge in [-0.05, 0) is 6.72 Å². The number of esters is 1. The molecule has 0 rings (SSSR count). The molecule has 0 spiro atoms. The normalized spacial score (nSPS) is 9.60. The van der Waals surface area contributed by atoms with E-state index in [4.69, 9.17) is 5.41 Å². The predicted molar refractivity (Wildman–Crippen MR) is 58.8 cm³/mol. The molecular formula is C9H20N2O4. The Kier molecular flexibility index (Phi) is 19.2. The molecule has 1 N–H and O–H groups in total. The Morgan fingerprint density at radius 2 is 1.93 bits per heavy atom. The minimum absolute atomic E-state index is 0.109. The second-order valence-electron chi connectivity index (χ2n) is 2.40. The van der Waals surface area contributed by atoms with E-state index < -0.39 is 10.9 Å². The molecule has 0 aliphatic rings. The van der Waals surface area contributed by atoms with Gasteiger partial charge in [0.2, 0.25) is 6.54 Å². The average molecular weight is 220 g/mol. The molecule has 0 saturated carbocycles. The molecule has 0 aliphatic carbocycles. The Hall–Kier alpha value is -1.46. The third kappa shape index (κ3) is 19.1. The third-order valence-corrected chi connectivity index (χ3v) is 1.20. The summed E-state index contributed by atoms with van der Waals surface area (Å²) in [5.41, 5.74) is 0. The van der Waals surface area contributed by atoms with E-state index in [-0.39, 0.29) is 18.9 Å². The first-order valence-electron chi connectivity index (χ1n) is 4.60. The van der Waals surface area contributed by atoms with Crippen molar-refractivity contribution >= 4 is 12.7 Å². The highest BCUT2D eigenvalue weighted by Crippen LogP contribution is 2.02. The molecule has 0 radical (unpaired) electrons. The summed E-state index contributed by atoms with van der Waals surface area (Å²) >= 11 is 0. The number of nitrogens with zero attached hydrogens (tertiary/aromatic N) is 1. The highest BCUT2D eigenvalue weighted by Gasteiger charge is 2.13. The molecule has 1 unspecified atom stereocenters. The van der Waals surface area contributed by atoms with Crippen LogP contribution in [0.1, 0.15) is 27.2 Å². The van der Waals surface area contributed by atoms with Gasteiger partial charge >= 0.3 is 5.97 Å². The van der Waals surface area contributed by atoms with E-state index in [0.717, 1.165) is 0 Å². The van der Waals surface area contributed by atoms with Gasteiger partial charge in [0.25, 0.3) is 0 Å². The van der Waals surface area contributed by atoms with Gasteiger partial charge in [-0.25, -0.2) is 0 Å². The van der Waals surface area contributed by atoms with Crippen molar-refractivity contribution in [3.63, 3.8) is 0 Å². The number of methoxy groups -OCH3 is 1. The van der Waals surface area contributed by atoms with Crippen molar-refractivity contribution in [1.82, 2.24) is 0 Å². The van der Waals surface area contributed by atoms with Crippen molar-refractivity contribution in [3.8, 4) is 0 Å². The Morgan fingerprint density at radius 1 is 1.53 bits per heavy atom. The van der Waals surface area contributed by atoms with Gasteiger partial charge in [0.15, 0.2) is 0 Å². The number of ether oxygens (including phenoxy) is 1. The molecule has 1 atom stereocenters. The molecule has 0 bridgehead atoms. The first-order chi connectivity index (χ1) is 7.06. The molecule has 0 amide bonds. The zero-order chi connectivity index (χ0) is 12.9. The molecule has 90 valence electrons. The lowest BCUT2D eigenvalue weighted by atomic mass is 10.1. The van der Waals surface area contributed by atoms with E-state index >= 15 is 0 Å². The van der Waals surface area contributed by atoms with Gasteiger partial charge in [0.1, 0.15) is 0 Å². The van der Waals surface area contributed by atoms with E-state index in [1.165, 1.54) is 7.11 Å². The maximum absolute atomic E-state index is 10.6. The minimum atomic E-state index is -0.437. The van der Waals surface area contributed by atoms with Gasteiger partial charge in [-0.1, -0.05) is 20.8 Å². The van der Waals surface area contributed by atoms with Crippen LogP contribution in [-0.2, 0) is 9.53 Å². The Balaban J connectivity index is -0.000000318. The number of hydrogen-bond acceptors (Lipinski definition) is 5. The smallest absolute Gasteiger partial charge is 0.306 e. The largest absolute Gasteiger partial charge is 0.469 e. The fraction of sp³-hybridized carbons (Fsp3) is 0.778. The summed E-state index contributed by atoms with van der Waals surface area (Å²) in [4.78, 5) is 20.1. The van der Waals surface area contributed by atoms with Gasteiger partial charge in [0.05, 0.1) is 13.5 Å². The maximum Gasteiger partial charge on any atom is 0.306 e. The van der Waals surface area contributed by atoms with Crippen molar-refractivity contribution in [2.45, 2.75) is 27.2 Å². The van der Waals surface area contributed by atoms with Crippen molar-refractivity contribution < 1.29 is 14.5 Å². The number of hydrogen-bond donors (Lipinski definition) is 1. The SMILES string of the molecule is C=N.CC.COC(=O)CC(C)C[N+](=O)[O-]. The summed E-state index contributed by atoms with van der Waals surface area (Å²) in [6, 6.07) is 0. The van der Waals surface area contributed by atoms with Gasteiger partial charge < -0.3 is 10.1 Å². The van der Waals surface area contributed by atoms with Crippen LogP contribution >= 0.6 is 0 Å². The summed E-state index contributed by atoms with van der Waals surface area (Å²) in [6.45, 7) is 7.95. The summed E-state index contributed by atoms with van der Waals surface area (Å²) in [5.74, 6) is -0.656. The number of nitrogens with one attached hydrogen (secondary N) is 1. The van der Waals surface area contributed by atoms with Crippen LogP contribution in [0, 0.1) is 21.4 Å². The lowest BCUT2D eigenvalue weighted by Gasteiger charge is -2.03. The quantitative estimate of drug-likeness (QED) is 0.338. The molecule has 6 nitrogen and oxygen atoms in total. The van der Waals surface area contributed by atoms with E-state index in [1.54, 1.807) is 6.92 Å². The second kappa shape index (κ2) is 15.0. The lowest BCUT2D eigenvalue weighted by molar-refractivity contribution is -0.487. The van der Waals surface area contributed by atoms with E-state index in [9.17, 15) is 14.9 Å². The molecule has 0 saturated heterocycles. The highest BCUT2D eigenvalue weighted by molar-refractivity contribution is 5.69. The van der Waals surface area contributed by atoms with Crippen LogP contribution in [0.15, 0.2) is 0 Å². The molecule has 0 heterocycles. The Labute approximate surface area is 90.3 Å². The van der Waals surface area contributed by atoms with Crippen LogP contribution in [0.5, 0.6) is 0 Å².